The van der Waals surface area contributed by atoms with Crippen LogP contribution in [0.4, 0.5) is 0 Å². The highest BCUT2D eigenvalue weighted by molar-refractivity contribution is 5.94. The molecular formula is C19H21N3O3. The van der Waals surface area contributed by atoms with Gasteiger partial charge in [0.1, 0.15) is 0 Å². The molecule has 0 atom stereocenters. The van der Waals surface area contributed by atoms with Gasteiger partial charge in [0.25, 0.3) is 0 Å². The Morgan fingerprint density at radius 1 is 1.16 bits per heavy atom. The van der Waals surface area contributed by atoms with Gasteiger partial charge in [-0.1, -0.05) is 30.3 Å². The second-order valence-corrected chi connectivity index (χ2v) is 6.26. The lowest BCUT2D eigenvalue weighted by atomic mass is 10.0. The van der Waals surface area contributed by atoms with Crippen LogP contribution in [0.2, 0.25) is 0 Å². The van der Waals surface area contributed by atoms with Crippen molar-refractivity contribution in [3.8, 4) is 0 Å². The van der Waals surface area contributed by atoms with E-state index in [9.17, 15) is 9.59 Å². The first-order valence-corrected chi connectivity index (χ1v) is 8.34. The van der Waals surface area contributed by atoms with Crippen molar-refractivity contribution in [2.75, 3.05) is 13.1 Å². The van der Waals surface area contributed by atoms with Crippen LogP contribution in [0.1, 0.15) is 41.7 Å². The molecule has 3 rings (SSSR count). The predicted molar refractivity (Wildman–Crippen MR) is 94.1 cm³/mol. The van der Waals surface area contributed by atoms with Gasteiger partial charge in [0.15, 0.2) is 0 Å². The minimum atomic E-state index is -0.972. The van der Waals surface area contributed by atoms with Crippen LogP contribution in [0.5, 0.6) is 0 Å². The number of carboxylic acids is 1. The summed E-state index contributed by atoms with van der Waals surface area (Å²) in [6.07, 6.45) is 6.15. The fraction of sp³-hybridized carbons (Fsp3) is 0.316. The number of hydrogen-bond donors (Lipinski definition) is 1. The number of carbonyl (C=O) groups excluding carboxylic acids is 1. The maximum absolute atomic E-state index is 12.5. The zero-order chi connectivity index (χ0) is 17.8. The number of carboxylic acid groups (broad SMARTS) is 1. The first-order valence-electron chi connectivity index (χ1n) is 8.34. The largest absolute Gasteiger partial charge is 0.478 e. The van der Waals surface area contributed by atoms with E-state index in [0.717, 1.165) is 24.0 Å². The Morgan fingerprint density at radius 3 is 2.44 bits per heavy atom. The first kappa shape index (κ1) is 17.0. The summed E-state index contributed by atoms with van der Waals surface area (Å²) >= 11 is 0. The molecule has 6 nitrogen and oxygen atoms in total. The molecule has 0 aliphatic carbocycles. The lowest BCUT2D eigenvalue weighted by Gasteiger charge is -2.31. The number of amides is 1. The maximum Gasteiger partial charge on any atom is 0.338 e. The van der Waals surface area contributed by atoms with Gasteiger partial charge in [0.05, 0.1) is 17.8 Å². The monoisotopic (exact) mass is 339 g/mol. The predicted octanol–water partition coefficient (Wildman–Crippen LogP) is 2.85. The van der Waals surface area contributed by atoms with Crippen LogP contribution < -0.4 is 0 Å². The molecular weight excluding hydrogens is 318 g/mol. The van der Waals surface area contributed by atoms with Crippen LogP contribution in [0.15, 0.2) is 48.8 Å². The van der Waals surface area contributed by atoms with E-state index in [0.29, 0.717) is 13.1 Å². The van der Waals surface area contributed by atoms with E-state index >= 15 is 0 Å². The van der Waals surface area contributed by atoms with Gasteiger partial charge in [-0.05, 0) is 30.9 Å². The van der Waals surface area contributed by atoms with E-state index in [4.69, 9.17) is 5.11 Å². The van der Waals surface area contributed by atoms with Crippen molar-refractivity contribution in [2.45, 2.75) is 25.8 Å². The van der Waals surface area contributed by atoms with Crippen LogP contribution in [-0.2, 0) is 4.79 Å². The number of rotatable bonds is 4. The number of benzene rings is 1. The van der Waals surface area contributed by atoms with Crippen molar-refractivity contribution >= 4 is 17.4 Å². The van der Waals surface area contributed by atoms with Crippen molar-refractivity contribution in [3.63, 3.8) is 0 Å². The number of hydrogen-bond acceptors (Lipinski definition) is 3. The Bertz CT molecular complexity index is 787. The summed E-state index contributed by atoms with van der Waals surface area (Å²) in [5, 5.41) is 13.1. The average Bonchev–Trinajstić information content (AvgIpc) is 3.13. The molecule has 130 valence electrons. The van der Waals surface area contributed by atoms with Gasteiger partial charge >= 0.3 is 5.97 Å². The van der Waals surface area contributed by atoms with Gasteiger partial charge in [0.2, 0.25) is 5.91 Å². The van der Waals surface area contributed by atoms with Crippen molar-refractivity contribution in [1.82, 2.24) is 14.7 Å². The Morgan fingerprint density at radius 2 is 1.84 bits per heavy atom. The molecule has 6 heteroatoms. The number of piperidine rings is 1. The van der Waals surface area contributed by atoms with Crippen LogP contribution in [0.25, 0.3) is 5.57 Å². The molecule has 0 unspecified atom stereocenters. The van der Waals surface area contributed by atoms with Crippen LogP contribution in [0, 0.1) is 0 Å². The molecule has 1 fully saturated rings. The van der Waals surface area contributed by atoms with E-state index in [1.165, 1.54) is 6.20 Å². The molecule has 1 amide bonds. The zero-order valence-corrected chi connectivity index (χ0v) is 14.1. The number of carbonyl (C=O) groups is 2. The van der Waals surface area contributed by atoms with Crippen LogP contribution in [0.3, 0.4) is 0 Å². The highest BCUT2D eigenvalue weighted by Gasteiger charge is 2.24. The number of nitrogens with zero attached hydrogens (tertiary/aromatic N) is 3. The van der Waals surface area contributed by atoms with E-state index in [1.807, 2.05) is 42.2 Å². The smallest absolute Gasteiger partial charge is 0.338 e. The maximum atomic E-state index is 12.5. The standard InChI is InChI=1S/C19H21N3O3/c1-14(15-5-3-2-4-6-15)11-18(23)21-9-7-17(8-10-21)22-13-16(12-20-22)19(24)25/h2-6,11-13,17H,7-10H2,1H3,(H,24,25). The summed E-state index contributed by atoms with van der Waals surface area (Å²) in [7, 11) is 0. The first-order chi connectivity index (χ1) is 12.0. The molecule has 1 aliphatic rings. The molecule has 1 saturated heterocycles. The molecule has 0 spiro atoms. The molecule has 0 saturated carbocycles. The van der Waals surface area contributed by atoms with E-state index in [1.54, 1.807) is 17.0 Å². The van der Waals surface area contributed by atoms with Gasteiger partial charge < -0.3 is 10.0 Å². The Kier molecular flexibility index (Phi) is 4.97. The van der Waals surface area contributed by atoms with Crippen molar-refractivity contribution in [2.24, 2.45) is 0 Å². The topological polar surface area (TPSA) is 75.4 Å². The fourth-order valence-electron chi connectivity index (χ4n) is 3.06. The third-order valence-corrected chi connectivity index (χ3v) is 4.57. The molecule has 1 aromatic heterocycles. The fourth-order valence-corrected chi connectivity index (χ4v) is 3.06. The average molecular weight is 339 g/mol. The molecule has 25 heavy (non-hydrogen) atoms. The minimum Gasteiger partial charge on any atom is -0.478 e. The Balaban J connectivity index is 1.60. The van der Waals surface area contributed by atoms with E-state index in [-0.39, 0.29) is 17.5 Å². The van der Waals surface area contributed by atoms with Crippen LogP contribution in [-0.4, -0.2) is 44.8 Å². The lowest BCUT2D eigenvalue weighted by Crippen LogP contribution is -2.38. The second kappa shape index (κ2) is 7.34. The molecule has 0 bridgehead atoms. The Labute approximate surface area is 146 Å². The lowest BCUT2D eigenvalue weighted by molar-refractivity contribution is -0.127. The van der Waals surface area contributed by atoms with Gasteiger partial charge in [-0.3, -0.25) is 9.48 Å². The van der Waals surface area contributed by atoms with Gasteiger partial charge in [-0.2, -0.15) is 5.10 Å². The van der Waals surface area contributed by atoms with Crippen LogP contribution >= 0.6 is 0 Å². The van der Waals surface area contributed by atoms with Crippen molar-refractivity contribution in [1.29, 1.82) is 0 Å². The summed E-state index contributed by atoms with van der Waals surface area (Å²) in [6.45, 7) is 3.23. The second-order valence-electron chi connectivity index (χ2n) is 6.26. The zero-order valence-electron chi connectivity index (χ0n) is 14.1. The van der Waals surface area contributed by atoms with E-state index < -0.39 is 5.97 Å². The molecule has 2 heterocycles. The van der Waals surface area contributed by atoms with Gasteiger partial charge in [0, 0.05) is 25.4 Å². The Hall–Kier alpha value is -2.89. The molecule has 1 aliphatic heterocycles. The van der Waals surface area contributed by atoms with Gasteiger partial charge in [-0.15, -0.1) is 0 Å². The highest BCUT2D eigenvalue weighted by atomic mass is 16.4. The van der Waals surface area contributed by atoms with Crippen molar-refractivity contribution in [3.05, 3.63) is 59.9 Å². The molecule has 0 radical (unpaired) electrons. The summed E-state index contributed by atoms with van der Waals surface area (Å²) in [6, 6.07) is 9.98. The molecule has 1 N–H and O–H groups in total. The number of aromatic nitrogens is 2. The minimum absolute atomic E-state index is 0.0199. The van der Waals surface area contributed by atoms with E-state index in [2.05, 4.69) is 5.10 Å². The molecule has 1 aromatic carbocycles. The number of aromatic carboxylic acids is 1. The quantitative estimate of drug-likeness (QED) is 0.869. The van der Waals surface area contributed by atoms with Gasteiger partial charge in [-0.25, -0.2) is 4.79 Å². The third-order valence-electron chi connectivity index (χ3n) is 4.57. The van der Waals surface area contributed by atoms with Crippen molar-refractivity contribution < 1.29 is 14.7 Å². The SMILES string of the molecule is CC(=CC(=O)N1CCC(n2cc(C(=O)O)cn2)CC1)c1ccccc1. The molecule has 2 aromatic rings. The summed E-state index contributed by atoms with van der Waals surface area (Å²) in [5.74, 6) is -0.952. The normalized spacial score (nSPS) is 16.0. The highest BCUT2D eigenvalue weighted by Crippen LogP contribution is 2.23. The summed E-state index contributed by atoms with van der Waals surface area (Å²) in [5.41, 5.74) is 2.19. The summed E-state index contributed by atoms with van der Waals surface area (Å²) in [4.78, 5) is 25.3. The third kappa shape index (κ3) is 3.96. The number of likely N-dealkylation sites (tertiary alicyclic amines) is 1. The number of allylic oxidation sites excluding steroid dienone is 1. The summed E-state index contributed by atoms with van der Waals surface area (Å²) < 4.78 is 1.70.